The molecule has 1 aromatic heterocycles. The number of benzene rings is 1. The van der Waals surface area contributed by atoms with Gasteiger partial charge in [-0.3, -0.25) is 4.79 Å². The van der Waals surface area contributed by atoms with Gasteiger partial charge in [-0.1, -0.05) is 12.1 Å². The summed E-state index contributed by atoms with van der Waals surface area (Å²) in [5, 5.41) is 15.0. The van der Waals surface area contributed by atoms with Crippen molar-refractivity contribution >= 4 is 17.5 Å². The highest BCUT2D eigenvalue weighted by Crippen LogP contribution is 2.18. The van der Waals surface area contributed by atoms with Crippen LogP contribution in [-0.2, 0) is 0 Å². The summed E-state index contributed by atoms with van der Waals surface area (Å²) >= 11 is 0. The molecular weight excluding hydrogens is 290 g/mol. The van der Waals surface area contributed by atoms with E-state index in [1.807, 2.05) is 26.8 Å². The van der Waals surface area contributed by atoms with Crippen LogP contribution in [0.2, 0.25) is 0 Å². The van der Waals surface area contributed by atoms with Gasteiger partial charge in [0.1, 0.15) is 11.8 Å². The molecule has 0 aliphatic carbocycles. The molecule has 2 rings (SSSR count). The van der Waals surface area contributed by atoms with E-state index in [9.17, 15) is 4.79 Å². The quantitative estimate of drug-likeness (QED) is 0.909. The smallest absolute Gasteiger partial charge is 0.270 e. The SMILES string of the molecule is Cc1cc(C(=O)NC(C)(C)C)nc(Nc2ccccc2C#N)n1. The minimum absolute atomic E-state index is 0.264. The number of aromatic nitrogens is 2. The van der Waals surface area contributed by atoms with Crippen LogP contribution in [0.5, 0.6) is 0 Å². The molecule has 1 amide bonds. The molecule has 0 bridgehead atoms. The van der Waals surface area contributed by atoms with E-state index in [-0.39, 0.29) is 23.1 Å². The van der Waals surface area contributed by atoms with Crippen molar-refractivity contribution < 1.29 is 4.79 Å². The van der Waals surface area contributed by atoms with E-state index in [0.717, 1.165) is 0 Å². The molecule has 0 atom stereocenters. The third kappa shape index (κ3) is 4.51. The molecule has 6 heteroatoms. The molecule has 0 unspecified atom stereocenters. The normalized spacial score (nSPS) is 10.7. The van der Waals surface area contributed by atoms with Gasteiger partial charge >= 0.3 is 0 Å². The lowest BCUT2D eigenvalue weighted by Gasteiger charge is -2.20. The Bertz CT molecular complexity index is 771. The van der Waals surface area contributed by atoms with Crippen LogP contribution >= 0.6 is 0 Å². The van der Waals surface area contributed by atoms with Gasteiger partial charge in [-0.15, -0.1) is 0 Å². The van der Waals surface area contributed by atoms with Gasteiger partial charge in [0.05, 0.1) is 11.3 Å². The van der Waals surface area contributed by atoms with Gasteiger partial charge < -0.3 is 10.6 Å². The van der Waals surface area contributed by atoms with Crippen LogP contribution in [0.25, 0.3) is 0 Å². The minimum Gasteiger partial charge on any atom is -0.346 e. The van der Waals surface area contributed by atoms with Crippen molar-refractivity contribution in [2.24, 2.45) is 0 Å². The van der Waals surface area contributed by atoms with Crippen LogP contribution in [0, 0.1) is 18.3 Å². The molecule has 23 heavy (non-hydrogen) atoms. The number of hydrogen-bond donors (Lipinski definition) is 2. The highest BCUT2D eigenvalue weighted by Gasteiger charge is 2.17. The van der Waals surface area contributed by atoms with E-state index in [0.29, 0.717) is 16.9 Å². The monoisotopic (exact) mass is 309 g/mol. The lowest BCUT2D eigenvalue weighted by molar-refractivity contribution is 0.0914. The van der Waals surface area contributed by atoms with Crippen molar-refractivity contribution in [3.05, 3.63) is 47.3 Å². The Morgan fingerprint density at radius 1 is 1.22 bits per heavy atom. The summed E-state index contributed by atoms with van der Waals surface area (Å²) in [4.78, 5) is 20.8. The Labute approximate surface area is 135 Å². The van der Waals surface area contributed by atoms with Crippen LogP contribution in [-0.4, -0.2) is 21.4 Å². The first-order valence-corrected chi connectivity index (χ1v) is 7.23. The number of amides is 1. The molecule has 0 spiro atoms. The molecule has 2 aromatic rings. The Hall–Kier alpha value is -2.94. The third-order valence-electron chi connectivity index (χ3n) is 2.87. The van der Waals surface area contributed by atoms with Gasteiger partial charge in [-0.2, -0.15) is 5.26 Å². The van der Waals surface area contributed by atoms with Crippen LogP contribution in [0.4, 0.5) is 11.6 Å². The standard InChI is InChI=1S/C17H19N5O/c1-11-9-14(15(23)22-17(2,3)4)21-16(19-11)20-13-8-6-5-7-12(13)10-18/h5-9H,1-4H3,(H,22,23)(H,19,20,21). The predicted molar refractivity (Wildman–Crippen MR) is 88.4 cm³/mol. The van der Waals surface area contributed by atoms with Gasteiger partial charge in [0.25, 0.3) is 5.91 Å². The zero-order valence-corrected chi connectivity index (χ0v) is 13.6. The molecule has 6 nitrogen and oxygen atoms in total. The number of nitriles is 1. The highest BCUT2D eigenvalue weighted by atomic mass is 16.2. The lowest BCUT2D eigenvalue weighted by atomic mass is 10.1. The molecular formula is C17H19N5O. The second-order valence-electron chi connectivity index (χ2n) is 6.20. The maximum Gasteiger partial charge on any atom is 0.270 e. The second-order valence-corrected chi connectivity index (χ2v) is 6.20. The van der Waals surface area contributed by atoms with Crippen molar-refractivity contribution in [3.63, 3.8) is 0 Å². The summed E-state index contributed by atoms with van der Waals surface area (Å²) in [5.41, 5.74) is 1.68. The summed E-state index contributed by atoms with van der Waals surface area (Å²) in [6, 6.07) is 10.8. The number of nitrogens with zero attached hydrogens (tertiary/aromatic N) is 3. The van der Waals surface area contributed by atoms with Crippen LogP contribution in [0.1, 0.15) is 42.5 Å². The molecule has 0 fully saturated rings. The van der Waals surface area contributed by atoms with Crippen molar-refractivity contribution in [1.82, 2.24) is 15.3 Å². The fraction of sp³-hybridized carbons (Fsp3) is 0.294. The van der Waals surface area contributed by atoms with Gasteiger partial charge in [0, 0.05) is 11.2 Å². The Morgan fingerprint density at radius 3 is 2.57 bits per heavy atom. The first-order valence-electron chi connectivity index (χ1n) is 7.23. The molecule has 0 aliphatic heterocycles. The van der Waals surface area contributed by atoms with Gasteiger partial charge in [0.2, 0.25) is 5.95 Å². The summed E-state index contributed by atoms with van der Waals surface area (Å²) in [7, 11) is 0. The predicted octanol–water partition coefficient (Wildman–Crippen LogP) is 2.93. The molecule has 0 aliphatic rings. The van der Waals surface area contributed by atoms with Crippen molar-refractivity contribution in [1.29, 1.82) is 5.26 Å². The number of para-hydroxylation sites is 1. The summed E-state index contributed by atoms with van der Waals surface area (Å²) in [5.74, 6) is 0.0198. The Kier molecular flexibility index (Phi) is 4.60. The molecule has 118 valence electrons. The number of rotatable bonds is 3. The lowest BCUT2D eigenvalue weighted by Crippen LogP contribution is -2.41. The molecule has 0 saturated heterocycles. The zero-order valence-electron chi connectivity index (χ0n) is 13.6. The summed E-state index contributed by atoms with van der Waals surface area (Å²) in [6.45, 7) is 7.50. The van der Waals surface area contributed by atoms with Gasteiger partial charge in [-0.05, 0) is 45.9 Å². The van der Waals surface area contributed by atoms with Crippen LogP contribution in [0.15, 0.2) is 30.3 Å². The maximum atomic E-state index is 12.3. The molecule has 1 heterocycles. The largest absolute Gasteiger partial charge is 0.346 e. The average molecular weight is 309 g/mol. The van der Waals surface area contributed by atoms with E-state index < -0.39 is 0 Å². The number of carbonyl (C=O) groups excluding carboxylic acids is 1. The highest BCUT2D eigenvalue weighted by molar-refractivity contribution is 5.93. The summed E-state index contributed by atoms with van der Waals surface area (Å²) in [6.07, 6.45) is 0. The minimum atomic E-state index is -0.350. The summed E-state index contributed by atoms with van der Waals surface area (Å²) < 4.78 is 0. The van der Waals surface area contributed by atoms with E-state index in [2.05, 4.69) is 26.7 Å². The number of carbonyl (C=O) groups is 1. The fourth-order valence-corrected chi connectivity index (χ4v) is 1.96. The number of nitrogens with one attached hydrogen (secondary N) is 2. The van der Waals surface area contributed by atoms with E-state index >= 15 is 0 Å². The molecule has 0 radical (unpaired) electrons. The number of aryl methyl sites for hydroxylation is 1. The van der Waals surface area contributed by atoms with E-state index in [4.69, 9.17) is 5.26 Å². The number of hydrogen-bond acceptors (Lipinski definition) is 5. The molecule has 0 saturated carbocycles. The third-order valence-corrected chi connectivity index (χ3v) is 2.87. The number of anilines is 2. The van der Waals surface area contributed by atoms with Gasteiger partial charge in [0.15, 0.2) is 0 Å². The van der Waals surface area contributed by atoms with Crippen molar-refractivity contribution in [3.8, 4) is 6.07 Å². The first-order chi connectivity index (χ1) is 10.8. The second kappa shape index (κ2) is 6.44. The molecule has 2 N–H and O–H groups in total. The Morgan fingerprint density at radius 2 is 1.91 bits per heavy atom. The van der Waals surface area contributed by atoms with Crippen LogP contribution in [0.3, 0.4) is 0 Å². The average Bonchev–Trinajstić information content (AvgIpc) is 2.45. The van der Waals surface area contributed by atoms with Crippen molar-refractivity contribution in [2.45, 2.75) is 33.2 Å². The van der Waals surface area contributed by atoms with Crippen LogP contribution < -0.4 is 10.6 Å². The van der Waals surface area contributed by atoms with Gasteiger partial charge in [-0.25, -0.2) is 9.97 Å². The van der Waals surface area contributed by atoms with E-state index in [1.54, 1.807) is 31.2 Å². The molecule has 1 aromatic carbocycles. The first kappa shape index (κ1) is 16.4. The fourth-order valence-electron chi connectivity index (χ4n) is 1.96. The van der Waals surface area contributed by atoms with Crippen molar-refractivity contribution in [2.75, 3.05) is 5.32 Å². The maximum absolute atomic E-state index is 12.3. The Balaban J connectivity index is 2.31. The van der Waals surface area contributed by atoms with E-state index in [1.165, 1.54) is 0 Å². The zero-order chi connectivity index (χ0) is 17.0. The topological polar surface area (TPSA) is 90.7 Å².